The van der Waals surface area contributed by atoms with Gasteiger partial charge in [0.2, 0.25) is 11.8 Å². The molecule has 2 amide bonds. The van der Waals surface area contributed by atoms with Crippen molar-refractivity contribution in [1.29, 1.82) is 0 Å². The van der Waals surface area contributed by atoms with E-state index in [1.54, 1.807) is 22.7 Å². The van der Waals surface area contributed by atoms with Crippen LogP contribution in [0.3, 0.4) is 0 Å². The smallest absolute Gasteiger partial charge is 0.246 e. The molecular formula is C34H32Cl2N2O2S2. The molecule has 0 radical (unpaired) electrons. The van der Waals surface area contributed by atoms with E-state index in [0.717, 1.165) is 34.6 Å². The number of thiophene rings is 2. The number of hydrogen-bond acceptors (Lipinski definition) is 4. The van der Waals surface area contributed by atoms with E-state index in [4.69, 9.17) is 23.2 Å². The maximum Gasteiger partial charge on any atom is 0.246 e. The Labute approximate surface area is 265 Å². The third-order valence-electron chi connectivity index (χ3n) is 7.79. The molecule has 0 bridgehead atoms. The number of benzene rings is 2. The van der Waals surface area contributed by atoms with Crippen molar-refractivity contribution in [1.82, 2.24) is 9.80 Å². The molecule has 42 heavy (non-hydrogen) atoms. The highest BCUT2D eigenvalue weighted by Gasteiger charge is 2.28. The minimum atomic E-state index is -0.0146. The van der Waals surface area contributed by atoms with Crippen LogP contribution in [0.2, 0.25) is 8.67 Å². The molecule has 0 saturated carbocycles. The van der Waals surface area contributed by atoms with Gasteiger partial charge >= 0.3 is 0 Å². The van der Waals surface area contributed by atoms with Crippen molar-refractivity contribution in [2.75, 3.05) is 13.1 Å². The molecule has 0 aliphatic carbocycles. The van der Waals surface area contributed by atoms with Gasteiger partial charge in [0.15, 0.2) is 0 Å². The molecule has 4 nitrogen and oxygen atoms in total. The van der Waals surface area contributed by atoms with Crippen LogP contribution < -0.4 is 0 Å². The highest BCUT2D eigenvalue weighted by Crippen LogP contribution is 2.41. The van der Waals surface area contributed by atoms with Crippen LogP contribution in [-0.2, 0) is 22.7 Å². The number of amides is 2. The van der Waals surface area contributed by atoms with Crippen LogP contribution in [-0.4, -0.2) is 34.7 Å². The predicted octanol–water partition coefficient (Wildman–Crippen LogP) is 8.90. The monoisotopic (exact) mass is 634 g/mol. The normalized spacial score (nSPS) is 18.0. The van der Waals surface area contributed by atoms with Gasteiger partial charge in [0.25, 0.3) is 0 Å². The number of carbonyl (C=O) groups is 2. The van der Waals surface area contributed by atoms with Gasteiger partial charge in [-0.1, -0.05) is 97.0 Å². The lowest BCUT2D eigenvalue weighted by Gasteiger charge is -2.19. The molecule has 2 aromatic heterocycles. The topological polar surface area (TPSA) is 40.6 Å². The Balaban J connectivity index is 0.000000168. The summed E-state index contributed by atoms with van der Waals surface area (Å²) >= 11 is 15.6. The van der Waals surface area contributed by atoms with Crippen molar-refractivity contribution < 1.29 is 9.59 Å². The molecular weight excluding hydrogens is 603 g/mol. The number of halogens is 2. The Bertz CT molecular complexity index is 1450. The molecule has 0 fully saturated rings. The zero-order valence-electron chi connectivity index (χ0n) is 23.2. The van der Waals surface area contributed by atoms with E-state index in [0.29, 0.717) is 24.9 Å². The Morgan fingerprint density at radius 2 is 1.07 bits per heavy atom. The number of hydrogen-bond donors (Lipinski definition) is 0. The standard InChI is InChI=1S/2C17H16ClNOS/c2*1-2-17(20)19-9-8-13(12-6-4-3-5-7-12)14-10-16(18)21-15(14)11-19/h2*2-7,10,13H,1,8-9,11H2/t2*13-/m11/s1. The number of nitrogens with zero attached hydrogens (tertiary/aromatic N) is 2. The Morgan fingerprint density at radius 1 is 0.690 bits per heavy atom. The molecule has 0 unspecified atom stereocenters. The average Bonchev–Trinajstić information content (AvgIpc) is 3.44. The zero-order valence-corrected chi connectivity index (χ0v) is 26.3. The van der Waals surface area contributed by atoms with Gasteiger partial charge in [-0.15, -0.1) is 22.7 Å². The summed E-state index contributed by atoms with van der Waals surface area (Å²) in [5.74, 6) is 0.568. The van der Waals surface area contributed by atoms with Crippen molar-refractivity contribution in [2.24, 2.45) is 0 Å². The second-order valence-electron chi connectivity index (χ2n) is 10.3. The van der Waals surface area contributed by atoms with Crippen molar-refractivity contribution in [2.45, 2.75) is 37.8 Å². The third kappa shape index (κ3) is 6.90. The van der Waals surface area contributed by atoms with Crippen molar-refractivity contribution in [3.8, 4) is 0 Å². The quantitative estimate of drug-likeness (QED) is 0.210. The summed E-state index contributed by atoms with van der Waals surface area (Å²) in [5.41, 5.74) is 5.08. The lowest BCUT2D eigenvalue weighted by atomic mass is 9.89. The van der Waals surface area contributed by atoms with E-state index >= 15 is 0 Å². The van der Waals surface area contributed by atoms with Crippen molar-refractivity contribution in [3.05, 3.63) is 139 Å². The molecule has 8 heteroatoms. The largest absolute Gasteiger partial charge is 0.334 e. The minimum Gasteiger partial charge on any atom is -0.334 e. The first-order valence-corrected chi connectivity index (χ1v) is 16.3. The first-order chi connectivity index (χ1) is 20.4. The zero-order chi connectivity index (χ0) is 29.6. The van der Waals surface area contributed by atoms with E-state index in [1.807, 2.05) is 21.9 Å². The fraction of sp³-hybridized carbons (Fsp3) is 0.235. The lowest BCUT2D eigenvalue weighted by molar-refractivity contribution is -0.127. The van der Waals surface area contributed by atoms with Crippen LogP contribution in [0.25, 0.3) is 0 Å². The lowest BCUT2D eigenvalue weighted by Crippen LogP contribution is -2.28. The van der Waals surface area contributed by atoms with Crippen LogP contribution >= 0.6 is 45.9 Å². The summed E-state index contributed by atoms with van der Waals surface area (Å²) in [6, 6.07) is 25.0. The number of carbonyl (C=O) groups excluding carboxylic acids is 2. The van der Waals surface area contributed by atoms with Crippen LogP contribution in [0.1, 0.15) is 56.7 Å². The van der Waals surface area contributed by atoms with Crippen LogP contribution in [0.5, 0.6) is 0 Å². The minimum absolute atomic E-state index is 0.0146. The summed E-state index contributed by atoms with van der Waals surface area (Å²) in [6.45, 7) is 9.91. The van der Waals surface area contributed by atoms with E-state index in [2.05, 4.69) is 73.8 Å². The van der Waals surface area contributed by atoms with Gasteiger partial charge in [-0.25, -0.2) is 0 Å². The molecule has 2 aromatic carbocycles. The molecule has 2 aliphatic heterocycles. The van der Waals surface area contributed by atoms with E-state index in [1.165, 1.54) is 44.2 Å². The SMILES string of the molecule is C=CC(=O)N1CC[C@H](c2ccccc2)c2cc(Cl)sc2C1.C=CC(=O)N1CC[C@H](c2ccccc2)c2cc(Cl)sc2C1. The summed E-state index contributed by atoms with van der Waals surface area (Å²) in [5, 5.41) is 0. The van der Waals surface area contributed by atoms with E-state index in [9.17, 15) is 9.59 Å². The van der Waals surface area contributed by atoms with E-state index in [-0.39, 0.29) is 11.8 Å². The Morgan fingerprint density at radius 3 is 1.43 bits per heavy atom. The second kappa shape index (κ2) is 13.9. The highest BCUT2D eigenvalue weighted by molar-refractivity contribution is 7.16. The average molecular weight is 636 g/mol. The highest BCUT2D eigenvalue weighted by atomic mass is 35.5. The van der Waals surface area contributed by atoms with Crippen LogP contribution in [0.15, 0.2) is 98.1 Å². The van der Waals surface area contributed by atoms with Gasteiger partial charge in [0.05, 0.1) is 21.8 Å². The van der Waals surface area contributed by atoms with Gasteiger partial charge in [0.1, 0.15) is 0 Å². The second-order valence-corrected chi connectivity index (χ2v) is 13.8. The van der Waals surface area contributed by atoms with Gasteiger partial charge in [-0.3, -0.25) is 9.59 Å². The predicted molar refractivity (Wildman–Crippen MR) is 176 cm³/mol. The fourth-order valence-corrected chi connectivity index (χ4v) is 8.45. The Kier molecular flexibility index (Phi) is 10.0. The first kappa shape index (κ1) is 30.3. The van der Waals surface area contributed by atoms with Gasteiger partial charge < -0.3 is 9.80 Å². The molecule has 0 saturated heterocycles. The van der Waals surface area contributed by atoms with Crippen molar-refractivity contribution >= 4 is 57.7 Å². The summed E-state index contributed by atoms with van der Waals surface area (Å²) in [6.07, 6.45) is 4.59. The molecule has 6 rings (SSSR count). The summed E-state index contributed by atoms with van der Waals surface area (Å²) in [7, 11) is 0. The van der Waals surface area contributed by atoms with Crippen LogP contribution in [0, 0.1) is 0 Å². The number of rotatable bonds is 4. The molecule has 216 valence electrons. The fourth-order valence-electron chi connectivity index (χ4n) is 5.74. The molecule has 4 aromatic rings. The van der Waals surface area contributed by atoms with E-state index < -0.39 is 0 Å². The molecule has 2 aliphatic rings. The van der Waals surface area contributed by atoms with Gasteiger partial charge in [-0.05, 0) is 59.4 Å². The number of fused-ring (bicyclic) bond motifs is 2. The molecule has 0 N–H and O–H groups in total. The molecule has 0 spiro atoms. The summed E-state index contributed by atoms with van der Waals surface area (Å²) < 4.78 is 1.57. The molecule has 2 atom stereocenters. The maximum atomic E-state index is 12.0. The van der Waals surface area contributed by atoms with Crippen molar-refractivity contribution in [3.63, 3.8) is 0 Å². The van der Waals surface area contributed by atoms with Gasteiger partial charge in [0, 0.05) is 34.7 Å². The first-order valence-electron chi connectivity index (χ1n) is 13.9. The molecule has 4 heterocycles. The Hall–Kier alpha value is -3.16. The van der Waals surface area contributed by atoms with Crippen LogP contribution in [0.4, 0.5) is 0 Å². The maximum absolute atomic E-state index is 12.0. The third-order valence-corrected chi connectivity index (χ3v) is 10.3. The summed E-state index contributed by atoms with van der Waals surface area (Å²) in [4.78, 5) is 30.0. The van der Waals surface area contributed by atoms with Gasteiger partial charge in [-0.2, -0.15) is 0 Å².